The van der Waals surface area contributed by atoms with Gasteiger partial charge in [0, 0.05) is 18.5 Å². The first kappa shape index (κ1) is 13.4. The lowest BCUT2D eigenvalue weighted by Gasteiger charge is -2.09. The van der Waals surface area contributed by atoms with Crippen molar-refractivity contribution in [1.29, 1.82) is 0 Å². The minimum atomic E-state index is -0.0596. The second-order valence-corrected chi connectivity index (χ2v) is 4.28. The van der Waals surface area contributed by atoms with Crippen molar-refractivity contribution in [2.24, 2.45) is 5.73 Å². The van der Waals surface area contributed by atoms with Gasteiger partial charge in [-0.05, 0) is 36.7 Å². The molecule has 0 aliphatic carbocycles. The summed E-state index contributed by atoms with van der Waals surface area (Å²) >= 11 is 0. The molecule has 19 heavy (non-hydrogen) atoms. The average molecular weight is 258 g/mol. The number of nitrogens with two attached hydrogens (primary N) is 1. The Morgan fingerprint density at radius 2 is 2.00 bits per heavy atom. The molecule has 1 aromatic carbocycles. The van der Waals surface area contributed by atoms with Gasteiger partial charge in [0.05, 0.1) is 6.26 Å². The van der Waals surface area contributed by atoms with Crippen molar-refractivity contribution in [3.05, 3.63) is 59.5 Å². The zero-order valence-corrected chi connectivity index (χ0v) is 10.8. The topological polar surface area (TPSA) is 68.3 Å². The fourth-order valence-corrected chi connectivity index (χ4v) is 1.96. The van der Waals surface area contributed by atoms with Crippen LogP contribution in [-0.4, -0.2) is 19.0 Å². The molecule has 3 N–H and O–H groups in total. The zero-order valence-electron chi connectivity index (χ0n) is 10.8. The van der Waals surface area contributed by atoms with Gasteiger partial charge in [0.1, 0.15) is 5.76 Å². The summed E-state index contributed by atoms with van der Waals surface area (Å²) in [6.45, 7) is 1.10. The van der Waals surface area contributed by atoms with Crippen molar-refractivity contribution in [1.82, 2.24) is 5.32 Å². The van der Waals surface area contributed by atoms with E-state index in [-0.39, 0.29) is 5.91 Å². The molecule has 1 heterocycles. The number of hydrogen-bond donors (Lipinski definition) is 2. The molecular weight excluding hydrogens is 240 g/mol. The number of carbonyl (C=O) groups is 1. The highest BCUT2D eigenvalue weighted by atomic mass is 16.3. The predicted molar refractivity (Wildman–Crippen MR) is 73.9 cm³/mol. The van der Waals surface area contributed by atoms with Crippen LogP contribution in [0.2, 0.25) is 0 Å². The third kappa shape index (κ3) is 3.69. The number of hydrogen-bond acceptors (Lipinski definition) is 3. The van der Waals surface area contributed by atoms with Crippen molar-refractivity contribution >= 4 is 5.91 Å². The highest BCUT2D eigenvalue weighted by molar-refractivity contribution is 5.95. The third-order valence-corrected chi connectivity index (χ3v) is 2.91. The molecule has 0 atom stereocenters. The molecule has 0 bridgehead atoms. The van der Waals surface area contributed by atoms with Crippen LogP contribution in [0.25, 0.3) is 0 Å². The van der Waals surface area contributed by atoms with E-state index >= 15 is 0 Å². The number of carbonyl (C=O) groups excluding carboxylic acids is 1. The fraction of sp³-hybridized carbons (Fsp3) is 0.267. The molecule has 0 aliphatic rings. The maximum absolute atomic E-state index is 12.1. The standard InChI is InChI=1S/C15H18N2O2/c16-9-7-12-4-1-2-6-14(12)15(18)17-10-8-13-5-3-11-19-13/h1-6,11H,7-10,16H2,(H,17,18). The van der Waals surface area contributed by atoms with Crippen molar-refractivity contribution < 1.29 is 9.21 Å². The molecule has 0 saturated carbocycles. The minimum Gasteiger partial charge on any atom is -0.469 e. The molecule has 100 valence electrons. The molecule has 1 amide bonds. The molecule has 0 radical (unpaired) electrons. The van der Waals surface area contributed by atoms with E-state index in [0.717, 1.165) is 11.3 Å². The molecular formula is C15H18N2O2. The van der Waals surface area contributed by atoms with Crippen LogP contribution in [-0.2, 0) is 12.8 Å². The van der Waals surface area contributed by atoms with Crippen LogP contribution in [0.4, 0.5) is 0 Å². The zero-order chi connectivity index (χ0) is 13.5. The summed E-state index contributed by atoms with van der Waals surface area (Å²) in [5.74, 6) is 0.811. The maximum Gasteiger partial charge on any atom is 0.251 e. The first-order chi connectivity index (χ1) is 9.31. The molecule has 4 nitrogen and oxygen atoms in total. The van der Waals surface area contributed by atoms with E-state index in [1.807, 2.05) is 36.4 Å². The monoisotopic (exact) mass is 258 g/mol. The quantitative estimate of drug-likeness (QED) is 0.829. The summed E-state index contributed by atoms with van der Waals surface area (Å²) in [5, 5.41) is 2.90. The number of nitrogens with one attached hydrogen (secondary N) is 1. The highest BCUT2D eigenvalue weighted by Gasteiger charge is 2.09. The smallest absolute Gasteiger partial charge is 0.251 e. The van der Waals surface area contributed by atoms with Gasteiger partial charge >= 0.3 is 0 Å². The summed E-state index contributed by atoms with van der Waals surface area (Å²) in [6.07, 6.45) is 3.03. The van der Waals surface area contributed by atoms with Gasteiger partial charge in [-0.25, -0.2) is 0 Å². The van der Waals surface area contributed by atoms with Crippen LogP contribution in [0.5, 0.6) is 0 Å². The van der Waals surface area contributed by atoms with Gasteiger partial charge in [-0.2, -0.15) is 0 Å². The van der Waals surface area contributed by atoms with Gasteiger partial charge in [0.15, 0.2) is 0 Å². The Balaban J connectivity index is 1.92. The van der Waals surface area contributed by atoms with Gasteiger partial charge in [0.25, 0.3) is 5.91 Å². The first-order valence-electron chi connectivity index (χ1n) is 6.40. The Hall–Kier alpha value is -2.07. The van der Waals surface area contributed by atoms with E-state index in [1.165, 1.54) is 0 Å². The molecule has 4 heteroatoms. The van der Waals surface area contributed by atoms with E-state index in [2.05, 4.69) is 5.32 Å². The highest BCUT2D eigenvalue weighted by Crippen LogP contribution is 2.09. The number of rotatable bonds is 6. The van der Waals surface area contributed by atoms with Gasteiger partial charge in [0.2, 0.25) is 0 Å². The summed E-state index contributed by atoms with van der Waals surface area (Å²) in [5.41, 5.74) is 7.24. The Labute approximate surface area is 112 Å². The van der Waals surface area contributed by atoms with Crippen LogP contribution >= 0.6 is 0 Å². The third-order valence-electron chi connectivity index (χ3n) is 2.91. The molecule has 1 aromatic heterocycles. The van der Waals surface area contributed by atoms with Crippen LogP contribution in [0.1, 0.15) is 21.7 Å². The number of amides is 1. The lowest BCUT2D eigenvalue weighted by atomic mass is 10.0. The average Bonchev–Trinajstić information content (AvgIpc) is 2.93. The molecule has 0 unspecified atom stereocenters. The van der Waals surface area contributed by atoms with Crippen molar-refractivity contribution in [2.45, 2.75) is 12.8 Å². The van der Waals surface area contributed by atoms with Crippen molar-refractivity contribution in [2.75, 3.05) is 13.1 Å². The summed E-state index contributed by atoms with van der Waals surface area (Å²) < 4.78 is 5.22. The fourth-order valence-electron chi connectivity index (χ4n) is 1.96. The SMILES string of the molecule is NCCc1ccccc1C(=O)NCCc1ccco1. The summed E-state index contributed by atoms with van der Waals surface area (Å²) in [7, 11) is 0. The summed E-state index contributed by atoms with van der Waals surface area (Å²) in [4.78, 5) is 12.1. The van der Waals surface area contributed by atoms with Gasteiger partial charge in [-0.15, -0.1) is 0 Å². The van der Waals surface area contributed by atoms with E-state index in [4.69, 9.17) is 10.2 Å². The van der Waals surface area contributed by atoms with Gasteiger partial charge < -0.3 is 15.5 Å². The van der Waals surface area contributed by atoms with E-state index in [1.54, 1.807) is 6.26 Å². The molecule has 0 fully saturated rings. The summed E-state index contributed by atoms with van der Waals surface area (Å²) in [6, 6.07) is 11.3. The second-order valence-electron chi connectivity index (χ2n) is 4.28. The normalized spacial score (nSPS) is 10.4. The first-order valence-corrected chi connectivity index (χ1v) is 6.40. The number of benzene rings is 1. The van der Waals surface area contributed by atoms with Gasteiger partial charge in [-0.1, -0.05) is 18.2 Å². The molecule has 2 aromatic rings. The van der Waals surface area contributed by atoms with E-state index < -0.39 is 0 Å². The Kier molecular flexibility index (Phi) is 4.75. The molecule has 0 spiro atoms. The molecule has 0 saturated heterocycles. The van der Waals surface area contributed by atoms with Gasteiger partial charge in [-0.3, -0.25) is 4.79 Å². The lowest BCUT2D eigenvalue weighted by molar-refractivity contribution is 0.0953. The van der Waals surface area contributed by atoms with Crippen molar-refractivity contribution in [3.63, 3.8) is 0 Å². The molecule has 2 rings (SSSR count). The van der Waals surface area contributed by atoms with Crippen LogP contribution in [0, 0.1) is 0 Å². The molecule has 0 aliphatic heterocycles. The largest absolute Gasteiger partial charge is 0.469 e. The lowest BCUT2D eigenvalue weighted by Crippen LogP contribution is -2.27. The number of furan rings is 1. The van der Waals surface area contributed by atoms with Crippen molar-refractivity contribution in [3.8, 4) is 0 Å². The Morgan fingerprint density at radius 1 is 1.16 bits per heavy atom. The Bertz CT molecular complexity index is 521. The van der Waals surface area contributed by atoms with Crippen LogP contribution in [0.15, 0.2) is 47.1 Å². The van der Waals surface area contributed by atoms with E-state index in [9.17, 15) is 4.79 Å². The maximum atomic E-state index is 12.1. The van der Waals surface area contributed by atoms with Crippen LogP contribution < -0.4 is 11.1 Å². The second kappa shape index (κ2) is 6.75. The Morgan fingerprint density at radius 3 is 2.74 bits per heavy atom. The minimum absolute atomic E-state index is 0.0596. The van der Waals surface area contributed by atoms with E-state index in [0.29, 0.717) is 31.5 Å². The van der Waals surface area contributed by atoms with Crippen LogP contribution in [0.3, 0.4) is 0 Å². The predicted octanol–water partition coefficient (Wildman–Crippen LogP) is 1.75.